The maximum Gasteiger partial charge on any atom is 0.131 e. The molecule has 1 aliphatic rings. The predicted octanol–water partition coefficient (Wildman–Crippen LogP) is 2.52. The molecule has 0 aromatic heterocycles. The molecule has 0 amide bonds. The molecule has 1 rings (SSSR count). The standard InChI is InChI=1S/C12H23NO/c1-10(14)8-12(13-2)9-11-6-4-3-5-7-11/h11-13H,3-9H2,1-2H3/t12-/m1/s1. The molecule has 0 saturated heterocycles. The highest BCUT2D eigenvalue weighted by Gasteiger charge is 2.18. The van der Waals surface area contributed by atoms with Gasteiger partial charge in [-0.3, -0.25) is 4.79 Å². The van der Waals surface area contributed by atoms with Crippen molar-refractivity contribution in [2.45, 2.75) is 57.9 Å². The van der Waals surface area contributed by atoms with Crippen molar-refractivity contribution in [1.82, 2.24) is 5.32 Å². The van der Waals surface area contributed by atoms with E-state index in [-0.39, 0.29) is 0 Å². The maximum absolute atomic E-state index is 11.0. The summed E-state index contributed by atoms with van der Waals surface area (Å²) >= 11 is 0. The van der Waals surface area contributed by atoms with Crippen molar-refractivity contribution in [3.05, 3.63) is 0 Å². The lowest BCUT2D eigenvalue weighted by Gasteiger charge is -2.25. The summed E-state index contributed by atoms with van der Waals surface area (Å²) < 4.78 is 0. The van der Waals surface area contributed by atoms with Gasteiger partial charge in [-0.25, -0.2) is 0 Å². The number of ketones is 1. The summed E-state index contributed by atoms with van der Waals surface area (Å²) in [6.45, 7) is 1.69. The van der Waals surface area contributed by atoms with Gasteiger partial charge in [-0.2, -0.15) is 0 Å². The Morgan fingerprint density at radius 3 is 2.50 bits per heavy atom. The van der Waals surface area contributed by atoms with Gasteiger partial charge in [-0.05, 0) is 26.3 Å². The lowest BCUT2D eigenvalue weighted by Crippen LogP contribution is -2.30. The molecule has 0 aromatic rings. The summed E-state index contributed by atoms with van der Waals surface area (Å²) in [6.07, 6.45) is 8.82. The highest BCUT2D eigenvalue weighted by atomic mass is 16.1. The van der Waals surface area contributed by atoms with Gasteiger partial charge in [-0.1, -0.05) is 32.1 Å². The monoisotopic (exact) mass is 197 g/mol. The van der Waals surface area contributed by atoms with E-state index >= 15 is 0 Å². The van der Waals surface area contributed by atoms with Crippen LogP contribution in [0.15, 0.2) is 0 Å². The lowest BCUT2D eigenvalue weighted by atomic mass is 9.84. The van der Waals surface area contributed by atoms with Crippen molar-refractivity contribution in [3.63, 3.8) is 0 Å². The number of Topliss-reactive ketones (excluding diaryl/α,β-unsaturated/α-hetero) is 1. The van der Waals surface area contributed by atoms with Crippen LogP contribution in [0.25, 0.3) is 0 Å². The first-order valence-corrected chi connectivity index (χ1v) is 5.89. The van der Waals surface area contributed by atoms with Crippen LogP contribution in [0.2, 0.25) is 0 Å². The molecule has 0 spiro atoms. The molecule has 0 radical (unpaired) electrons. The van der Waals surface area contributed by atoms with E-state index in [0.29, 0.717) is 18.2 Å². The van der Waals surface area contributed by atoms with Crippen LogP contribution < -0.4 is 5.32 Å². The van der Waals surface area contributed by atoms with E-state index in [1.165, 1.54) is 38.5 Å². The van der Waals surface area contributed by atoms with Gasteiger partial charge in [0.15, 0.2) is 0 Å². The summed E-state index contributed by atoms with van der Waals surface area (Å²) in [5.74, 6) is 1.17. The van der Waals surface area contributed by atoms with Gasteiger partial charge < -0.3 is 5.32 Å². The number of carbonyl (C=O) groups is 1. The Hall–Kier alpha value is -0.370. The summed E-state index contributed by atoms with van der Waals surface area (Å²) in [4.78, 5) is 11.0. The normalized spacial score (nSPS) is 20.7. The van der Waals surface area contributed by atoms with E-state index in [9.17, 15) is 4.79 Å². The molecule has 1 atom stereocenters. The summed E-state index contributed by atoms with van der Waals surface area (Å²) in [6, 6.07) is 0.413. The molecule has 1 saturated carbocycles. The third kappa shape index (κ3) is 4.23. The van der Waals surface area contributed by atoms with Crippen LogP contribution in [-0.4, -0.2) is 18.9 Å². The molecule has 14 heavy (non-hydrogen) atoms. The molecule has 0 unspecified atom stereocenters. The zero-order valence-corrected chi connectivity index (χ0v) is 9.51. The fourth-order valence-electron chi connectivity index (χ4n) is 2.48. The quantitative estimate of drug-likeness (QED) is 0.733. The smallest absolute Gasteiger partial charge is 0.131 e. The first-order chi connectivity index (χ1) is 6.72. The number of hydrogen-bond acceptors (Lipinski definition) is 2. The van der Waals surface area contributed by atoms with Crippen molar-refractivity contribution >= 4 is 5.78 Å². The van der Waals surface area contributed by atoms with Gasteiger partial charge in [-0.15, -0.1) is 0 Å². The van der Waals surface area contributed by atoms with Gasteiger partial charge >= 0.3 is 0 Å². The van der Waals surface area contributed by atoms with Crippen molar-refractivity contribution in [2.24, 2.45) is 5.92 Å². The van der Waals surface area contributed by atoms with Crippen molar-refractivity contribution in [3.8, 4) is 0 Å². The molecule has 1 N–H and O–H groups in total. The Morgan fingerprint density at radius 1 is 1.36 bits per heavy atom. The van der Waals surface area contributed by atoms with Crippen molar-refractivity contribution in [1.29, 1.82) is 0 Å². The Bertz CT molecular complexity index is 173. The van der Waals surface area contributed by atoms with Crippen LogP contribution in [0.4, 0.5) is 0 Å². The zero-order valence-electron chi connectivity index (χ0n) is 9.51. The van der Waals surface area contributed by atoms with Gasteiger partial charge in [0.25, 0.3) is 0 Å². The fourth-order valence-corrected chi connectivity index (χ4v) is 2.48. The SMILES string of the molecule is CN[C@H](CC(C)=O)CC1CCCCC1. The molecule has 2 heteroatoms. The van der Waals surface area contributed by atoms with Crippen LogP contribution in [0, 0.1) is 5.92 Å². The Labute approximate surface area is 87.5 Å². The lowest BCUT2D eigenvalue weighted by molar-refractivity contribution is -0.117. The average Bonchev–Trinajstić information content (AvgIpc) is 2.17. The summed E-state index contributed by atoms with van der Waals surface area (Å²) in [7, 11) is 1.97. The van der Waals surface area contributed by atoms with Gasteiger partial charge in [0.05, 0.1) is 0 Å². The minimum absolute atomic E-state index is 0.306. The first kappa shape index (κ1) is 11.7. The largest absolute Gasteiger partial charge is 0.317 e. The second kappa shape index (κ2) is 6.18. The van der Waals surface area contributed by atoms with Crippen LogP contribution in [0.5, 0.6) is 0 Å². The first-order valence-electron chi connectivity index (χ1n) is 5.89. The number of nitrogens with one attached hydrogen (secondary N) is 1. The molecule has 1 aliphatic carbocycles. The number of hydrogen-bond donors (Lipinski definition) is 1. The van der Waals surface area contributed by atoms with Crippen LogP contribution in [-0.2, 0) is 4.79 Å². The molecule has 82 valence electrons. The number of carbonyl (C=O) groups excluding carboxylic acids is 1. The van der Waals surface area contributed by atoms with Crippen LogP contribution in [0.1, 0.15) is 51.9 Å². The minimum Gasteiger partial charge on any atom is -0.317 e. The second-order valence-electron chi connectivity index (χ2n) is 4.63. The van der Waals surface area contributed by atoms with E-state index in [2.05, 4.69) is 5.32 Å². The Morgan fingerprint density at radius 2 is 2.00 bits per heavy atom. The van der Waals surface area contributed by atoms with Crippen LogP contribution >= 0.6 is 0 Å². The van der Waals surface area contributed by atoms with Crippen molar-refractivity contribution < 1.29 is 4.79 Å². The average molecular weight is 197 g/mol. The zero-order chi connectivity index (χ0) is 10.4. The molecule has 0 bridgehead atoms. The second-order valence-corrected chi connectivity index (χ2v) is 4.63. The minimum atomic E-state index is 0.306. The Kier molecular flexibility index (Phi) is 5.16. The third-order valence-corrected chi connectivity index (χ3v) is 3.28. The maximum atomic E-state index is 11.0. The van der Waals surface area contributed by atoms with E-state index in [0.717, 1.165) is 5.92 Å². The van der Waals surface area contributed by atoms with Crippen molar-refractivity contribution in [2.75, 3.05) is 7.05 Å². The molecule has 0 aliphatic heterocycles. The van der Waals surface area contributed by atoms with E-state index in [4.69, 9.17) is 0 Å². The van der Waals surface area contributed by atoms with Gasteiger partial charge in [0, 0.05) is 12.5 Å². The topological polar surface area (TPSA) is 29.1 Å². The highest BCUT2D eigenvalue weighted by molar-refractivity contribution is 5.76. The van der Waals surface area contributed by atoms with E-state index < -0.39 is 0 Å². The molecular formula is C12H23NO. The highest BCUT2D eigenvalue weighted by Crippen LogP contribution is 2.27. The summed E-state index contributed by atoms with van der Waals surface area (Å²) in [5, 5.41) is 3.26. The molecule has 1 fully saturated rings. The molecule has 0 heterocycles. The van der Waals surface area contributed by atoms with Gasteiger partial charge in [0.2, 0.25) is 0 Å². The number of rotatable bonds is 5. The molecular weight excluding hydrogens is 174 g/mol. The van der Waals surface area contributed by atoms with Crippen LogP contribution in [0.3, 0.4) is 0 Å². The molecule has 2 nitrogen and oxygen atoms in total. The molecule has 0 aromatic carbocycles. The van der Waals surface area contributed by atoms with Gasteiger partial charge in [0.1, 0.15) is 5.78 Å². The van der Waals surface area contributed by atoms with E-state index in [1.54, 1.807) is 6.92 Å². The Balaban J connectivity index is 2.27. The predicted molar refractivity (Wildman–Crippen MR) is 59.3 cm³/mol. The summed E-state index contributed by atoms with van der Waals surface area (Å²) in [5.41, 5.74) is 0. The van der Waals surface area contributed by atoms with E-state index in [1.807, 2.05) is 7.05 Å². The third-order valence-electron chi connectivity index (χ3n) is 3.28. The fraction of sp³-hybridized carbons (Fsp3) is 0.917.